The Labute approximate surface area is 131 Å². The lowest BCUT2D eigenvalue weighted by atomic mass is 9.78. The van der Waals surface area contributed by atoms with Crippen LogP contribution in [0.25, 0.3) is 0 Å². The topological polar surface area (TPSA) is 68.0 Å². The number of allylic oxidation sites excluding steroid dienone is 2. The minimum Gasteiger partial charge on any atom is -0.343 e. The maximum atomic E-state index is 11.7. The van der Waals surface area contributed by atoms with E-state index in [9.17, 15) is 4.79 Å². The largest absolute Gasteiger partial charge is 0.343 e. The van der Waals surface area contributed by atoms with Crippen molar-refractivity contribution in [1.82, 2.24) is 15.5 Å². The molecule has 2 aliphatic carbocycles. The molecule has 3 rings (SSSR count). The first-order valence-electron chi connectivity index (χ1n) is 8.33. The maximum absolute atomic E-state index is 11.7. The van der Waals surface area contributed by atoms with Gasteiger partial charge in [-0.2, -0.15) is 4.98 Å². The number of nitrogens with one attached hydrogen (secondary N) is 1. The highest BCUT2D eigenvalue weighted by Crippen LogP contribution is 2.39. The van der Waals surface area contributed by atoms with E-state index in [1.165, 1.54) is 6.42 Å². The van der Waals surface area contributed by atoms with Gasteiger partial charge in [0, 0.05) is 6.92 Å². The van der Waals surface area contributed by atoms with Gasteiger partial charge in [0.05, 0.1) is 5.41 Å². The fourth-order valence-corrected chi connectivity index (χ4v) is 3.72. The van der Waals surface area contributed by atoms with Crippen molar-refractivity contribution in [2.45, 2.75) is 76.2 Å². The van der Waals surface area contributed by atoms with Crippen molar-refractivity contribution in [2.24, 2.45) is 0 Å². The van der Waals surface area contributed by atoms with Crippen LogP contribution in [0.5, 0.6) is 0 Å². The Bertz CT molecular complexity index is 572. The predicted molar refractivity (Wildman–Crippen MR) is 83.2 cm³/mol. The zero-order chi connectivity index (χ0) is 15.6. The highest BCUT2D eigenvalue weighted by molar-refractivity contribution is 5.74. The highest BCUT2D eigenvalue weighted by Gasteiger charge is 2.41. The Kier molecular flexibility index (Phi) is 4.06. The first-order valence-corrected chi connectivity index (χ1v) is 8.33. The molecule has 5 nitrogen and oxygen atoms in total. The van der Waals surface area contributed by atoms with Gasteiger partial charge in [0.2, 0.25) is 11.8 Å². The molecule has 5 heteroatoms. The van der Waals surface area contributed by atoms with Crippen LogP contribution in [-0.2, 0) is 15.7 Å². The van der Waals surface area contributed by atoms with Gasteiger partial charge >= 0.3 is 0 Å². The summed E-state index contributed by atoms with van der Waals surface area (Å²) in [4.78, 5) is 16.4. The number of rotatable bonds is 3. The molecule has 0 aromatic carbocycles. The molecule has 1 atom stereocenters. The molecular formula is C17H25N3O2. The van der Waals surface area contributed by atoms with E-state index in [4.69, 9.17) is 9.51 Å². The second-order valence-corrected chi connectivity index (χ2v) is 7.02. The van der Waals surface area contributed by atoms with Crippen LogP contribution in [0.1, 0.15) is 76.9 Å². The average Bonchev–Trinajstić information content (AvgIpc) is 2.99. The minimum absolute atomic E-state index is 0.0277. The number of nitrogens with zero attached hydrogens (tertiary/aromatic N) is 2. The molecule has 1 aromatic rings. The fraction of sp³-hybridized carbons (Fsp3) is 0.706. The quantitative estimate of drug-likeness (QED) is 0.869. The van der Waals surface area contributed by atoms with Crippen LogP contribution in [0, 0.1) is 0 Å². The monoisotopic (exact) mass is 303 g/mol. The number of hydrogen-bond donors (Lipinski definition) is 1. The third-order valence-electron chi connectivity index (χ3n) is 5.09. The molecule has 0 aliphatic heterocycles. The average molecular weight is 303 g/mol. The Morgan fingerprint density at radius 1 is 1.23 bits per heavy atom. The normalized spacial score (nSPS) is 27.5. The molecule has 0 saturated heterocycles. The van der Waals surface area contributed by atoms with Crippen molar-refractivity contribution in [2.75, 3.05) is 0 Å². The van der Waals surface area contributed by atoms with Crippen molar-refractivity contribution < 1.29 is 9.32 Å². The van der Waals surface area contributed by atoms with Gasteiger partial charge in [0.25, 0.3) is 0 Å². The van der Waals surface area contributed by atoms with Crippen LogP contribution >= 0.6 is 0 Å². The minimum atomic E-state index is -0.438. The standard InChI is InChI=1S/C17H25N3O2/c1-13(21)19-17(11-7-4-8-12-17)14-18-15(22-20-14)16(2)9-5-3-6-10-16/h3,5H,4,6-12H2,1-2H3,(H,19,21). The second-order valence-electron chi connectivity index (χ2n) is 7.02. The molecule has 0 bridgehead atoms. The zero-order valence-corrected chi connectivity index (χ0v) is 13.5. The predicted octanol–water partition coefficient (Wildman–Crippen LogP) is 3.36. The molecule has 1 N–H and O–H groups in total. The van der Waals surface area contributed by atoms with Crippen LogP contribution in [-0.4, -0.2) is 16.0 Å². The molecule has 1 heterocycles. The Hall–Kier alpha value is -1.65. The number of carbonyl (C=O) groups excluding carboxylic acids is 1. The summed E-state index contributed by atoms with van der Waals surface area (Å²) >= 11 is 0. The zero-order valence-electron chi connectivity index (χ0n) is 13.5. The molecule has 1 amide bonds. The van der Waals surface area contributed by atoms with E-state index in [1.54, 1.807) is 6.92 Å². The molecule has 22 heavy (non-hydrogen) atoms. The molecule has 0 radical (unpaired) electrons. The summed E-state index contributed by atoms with van der Waals surface area (Å²) in [5, 5.41) is 7.36. The van der Waals surface area contributed by atoms with Crippen LogP contribution in [0.2, 0.25) is 0 Å². The molecule has 1 aromatic heterocycles. The van der Waals surface area contributed by atoms with E-state index in [-0.39, 0.29) is 11.3 Å². The maximum Gasteiger partial charge on any atom is 0.232 e. The van der Waals surface area contributed by atoms with Crippen LogP contribution in [0.15, 0.2) is 16.7 Å². The molecule has 2 aliphatic rings. The molecule has 1 saturated carbocycles. The van der Waals surface area contributed by atoms with Gasteiger partial charge in [0.1, 0.15) is 5.54 Å². The highest BCUT2D eigenvalue weighted by atomic mass is 16.5. The number of aromatic nitrogens is 2. The van der Waals surface area contributed by atoms with Gasteiger partial charge in [-0.3, -0.25) is 4.79 Å². The Morgan fingerprint density at radius 3 is 2.64 bits per heavy atom. The van der Waals surface area contributed by atoms with Gasteiger partial charge in [0.15, 0.2) is 5.82 Å². The van der Waals surface area contributed by atoms with Crippen molar-refractivity contribution in [3.05, 3.63) is 23.9 Å². The van der Waals surface area contributed by atoms with E-state index in [0.717, 1.165) is 44.9 Å². The van der Waals surface area contributed by atoms with Crippen molar-refractivity contribution in [1.29, 1.82) is 0 Å². The van der Waals surface area contributed by atoms with Crippen molar-refractivity contribution in [3.8, 4) is 0 Å². The lowest BCUT2D eigenvalue weighted by Crippen LogP contribution is -2.47. The van der Waals surface area contributed by atoms with Crippen LogP contribution in [0.3, 0.4) is 0 Å². The smallest absolute Gasteiger partial charge is 0.232 e. The Balaban J connectivity index is 1.89. The van der Waals surface area contributed by atoms with Gasteiger partial charge in [-0.05, 0) is 32.1 Å². The summed E-state index contributed by atoms with van der Waals surface area (Å²) in [6.07, 6.45) is 12.6. The summed E-state index contributed by atoms with van der Waals surface area (Å²) < 4.78 is 5.62. The summed E-state index contributed by atoms with van der Waals surface area (Å²) in [7, 11) is 0. The Morgan fingerprint density at radius 2 is 2.00 bits per heavy atom. The lowest BCUT2D eigenvalue weighted by Gasteiger charge is -2.35. The van der Waals surface area contributed by atoms with E-state index >= 15 is 0 Å². The first-order chi connectivity index (χ1) is 10.5. The SMILES string of the molecule is CC(=O)NC1(c2noc(C3(C)CC=CCC3)n2)CCCCC1. The first kappa shape index (κ1) is 15.3. The third-order valence-corrected chi connectivity index (χ3v) is 5.09. The number of amides is 1. The van der Waals surface area contributed by atoms with E-state index < -0.39 is 5.54 Å². The number of hydrogen-bond acceptors (Lipinski definition) is 4. The van der Waals surface area contributed by atoms with Gasteiger partial charge in [-0.25, -0.2) is 0 Å². The number of carbonyl (C=O) groups is 1. The van der Waals surface area contributed by atoms with E-state index in [0.29, 0.717) is 11.7 Å². The molecule has 1 unspecified atom stereocenters. The molecule has 120 valence electrons. The van der Waals surface area contributed by atoms with Gasteiger partial charge in [-0.1, -0.05) is 43.5 Å². The molecule has 0 spiro atoms. The van der Waals surface area contributed by atoms with E-state index in [1.807, 2.05) is 0 Å². The second kappa shape index (κ2) is 5.86. The van der Waals surface area contributed by atoms with Gasteiger partial charge < -0.3 is 9.84 Å². The lowest BCUT2D eigenvalue weighted by molar-refractivity contribution is -0.121. The summed E-state index contributed by atoms with van der Waals surface area (Å²) in [5.74, 6) is 1.34. The summed E-state index contributed by atoms with van der Waals surface area (Å²) in [6.45, 7) is 3.74. The fourth-order valence-electron chi connectivity index (χ4n) is 3.72. The van der Waals surface area contributed by atoms with Gasteiger partial charge in [-0.15, -0.1) is 0 Å². The van der Waals surface area contributed by atoms with E-state index in [2.05, 4.69) is 29.5 Å². The molecule has 1 fully saturated rings. The van der Waals surface area contributed by atoms with Crippen molar-refractivity contribution >= 4 is 5.91 Å². The van der Waals surface area contributed by atoms with Crippen LogP contribution in [0.4, 0.5) is 0 Å². The third kappa shape index (κ3) is 2.81. The molecular weight excluding hydrogens is 278 g/mol. The van der Waals surface area contributed by atoms with Crippen molar-refractivity contribution in [3.63, 3.8) is 0 Å². The summed E-state index contributed by atoms with van der Waals surface area (Å²) in [6, 6.07) is 0. The summed E-state index contributed by atoms with van der Waals surface area (Å²) in [5.41, 5.74) is -0.515. The van der Waals surface area contributed by atoms with Crippen LogP contribution < -0.4 is 5.32 Å².